The smallest absolute Gasteiger partial charge is 0.290 e. The molecule has 3 aromatic rings. The molecule has 0 radical (unpaired) electrons. The normalized spacial score (nSPS) is 14.6. The van der Waals surface area contributed by atoms with Gasteiger partial charge < -0.3 is 10.5 Å². The van der Waals surface area contributed by atoms with Crippen molar-refractivity contribution in [1.29, 1.82) is 0 Å². The molecule has 0 atom stereocenters. The van der Waals surface area contributed by atoms with Crippen molar-refractivity contribution < 1.29 is 19.0 Å². The van der Waals surface area contributed by atoms with Crippen LogP contribution in [0.5, 0.6) is 0 Å². The number of nitrogens with two attached hydrogens (primary N) is 1. The van der Waals surface area contributed by atoms with E-state index in [1.807, 2.05) is 0 Å². The summed E-state index contributed by atoms with van der Waals surface area (Å²) in [6.45, 7) is 2.92. The van der Waals surface area contributed by atoms with Crippen LogP contribution in [0.15, 0.2) is 22.1 Å². The van der Waals surface area contributed by atoms with E-state index in [9.17, 15) is 9.59 Å². The van der Waals surface area contributed by atoms with E-state index >= 15 is 0 Å². The third kappa shape index (κ3) is 4.08. The number of carbonyl (C=O) groups is 2. The number of rotatable bonds is 5. The maximum Gasteiger partial charge on any atom is 0.290 e. The second-order valence-electron chi connectivity index (χ2n) is 6.04. The second kappa shape index (κ2) is 8.34. The van der Waals surface area contributed by atoms with E-state index in [0.29, 0.717) is 43.4 Å². The highest BCUT2D eigenvalue weighted by Crippen LogP contribution is 2.17. The molecule has 2 amide bonds. The summed E-state index contributed by atoms with van der Waals surface area (Å²) in [5.41, 5.74) is 10.9. The minimum Gasteiger partial charge on any atom is -0.379 e. The van der Waals surface area contributed by atoms with Crippen molar-refractivity contribution in [3.8, 4) is 5.82 Å². The number of thiophene rings is 1. The molecule has 1 aliphatic rings. The maximum atomic E-state index is 12.9. The highest BCUT2D eigenvalue weighted by Gasteiger charge is 2.27. The Morgan fingerprint density at radius 3 is 2.69 bits per heavy atom. The molecular formula is C15H17N9O4S. The zero-order valence-electron chi connectivity index (χ0n) is 15.1. The summed E-state index contributed by atoms with van der Waals surface area (Å²) in [7, 11) is 0. The van der Waals surface area contributed by atoms with Crippen LogP contribution >= 0.6 is 11.3 Å². The van der Waals surface area contributed by atoms with Gasteiger partial charge in [-0.15, -0.1) is 16.4 Å². The fourth-order valence-corrected chi connectivity index (χ4v) is 3.36. The number of hydrogen-bond donors (Lipinski definition) is 3. The van der Waals surface area contributed by atoms with Gasteiger partial charge in [0.05, 0.1) is 18.1 Å². The largest absolute Gasteiger partial charge is 0.379 e. The van der Waals surface area contributed by atoms with E-state index in [0.717, 1.165) is 4.68 Å². The van der Waals surface area contributed by atoms with Crippen molar-refractivity contribution in [2.24, 2.45) is 0 Å². The Balaban J connectivity index is 1.58. The number of amides is 2. The van der Waals surface area contributed by atoms with Crippen molar-refractivity contribution in [2.75, 3.05) is 32.0 Å². The molecule has 29 heavy (non-hydrogen) atoms. The lowest BCUT2D eigenvalue weighted by Gasteiger charge is -2.25. The summed E-state index contributed by atoms with van der Waals surface area (Å²) in [4.78, 5) is 27.5. The van der Waals surface area contributed by atoms with Gasteiger partial charge in [0, 0.05) is 19.6 Å². The van der Waals surface area contributed by atoms with Crippen molar-refractivity contribution in [3.63, 3.8) is 0 Å². The summed E-state index contributed by atoms with van der Waals surface area (Å²) in [5, 5.41) is 17.0. The number of carbonyl (C=O) groups excluding carboxylic acids is 2. The van der Waals surface area contributed by atoms with E-state index in [2.05, 4.69) is 41.0 Å². The van der Waals surface area contributed by atoms with E-state index < -0.39 is 11.8 Å². The number of ether oxygens (including phenoxy) is 1. The first kappa shape index (κ1) is 19.0. The van der Waals surface area contributed by atoms with Crippen LogP contribution in [-0.4, -0.2) is 68.3 Å². The van der Waals surface area contributed by atoms with Crippen LogP contribution in [0.1, 0.15) is 25.9 Å². The number of hydrogen-bond acceptors (Lipinski definition) is 11. The average molecular weight is 419 g/mol. The van der Waals surface area contributed by atoms with Gasteiger partial charge in [-0.25, -0.2) is 4.63 Å². The van der Waals surface area contributed by atoms with Crippen LogP contribution in [0, 0.1) is 0 Å². The predicted octanol–water partition coefficient (Wildman–Crippen LogP) is -0.799. The molecule has 1 aliphatic heterocycles. The van der Waals surface area contributed by atoms with E-state index in [4.69, 9.17) is 10.5 Å². The topological polar surface area (TPSA) is 166 Å². The highest BCUT2D eigenvalue weighted by molar-refractivity contribution is 7.12. The lowest BCUT2D eigenvalue weighted by Crippen LogP contribution is -2.43. The molecule has 14 heteroatoms. The van der Waals surface area contributed by atoms with Gasteiger partial charge in [-0.1, -0.05) is 11.3 Å². The Morgan fingerprint density at radius 1 is 1.21 bits per heavy atom. The van der Waals surface area contributed by atoms with Gasteiger partial charge in [0.25, 0.3) is 11.8 Å². The Hall–Kier alpha value is -3.36. The van der Waals surface area contributed by atoms with Gasteiger partial charge in [-0.3, -0.25) is 25.3 Å². The van der Waals surface area contributed by atoms with Gasteiger partial charge in [0.15, 0.2) is 5.69 Å². The number of aromatic nitrogens is 5. The van der Waals surface area contributed by atoms with Crippen LogP contribution in [0.3, 0.4) is 0 Å². The van der Waals surface area contributed by atoms with E-state index in [-0.39, 0.29) is 17.3 Å². The number of morpholine rings is 1. The molecule has 4 rings (SSSR count). The van der Waals surface area contributed by atoms with Gasteiger partial charge in [-0.05, 0) is 21.8 Å². The Morgan fingerprint density at radius 2 is 2.00 bits per heavy atom. The quantitative estimate of drug-likeness (QED) is 0.446. The molecule has 0 bridgehead atoms. The summed E-state index contributed by atoms with van der Waals surface area (Å²) in [6, 6.07) is 3.38. The standard InChI is InChI=1S/C15H17N9O4S/c16-12-13(21-28-20-12)24-11(9(17-22-24)8-23-3-5-27-6-4-23)15(26)19-18-14(25)10-2-1-7-29-10/h1-2,7H,3-6,8H2,(H2,16,20)(H,18,25)(H,19,26). The first-order valence-corrected chi connectivity index (χ1v) is 9.48. The lowest BCUT2D eigenvalue weighted by molar-refractivity contribution is 0.0335. The van der Waals surface area contributed by atoms with Crippen LogP contribution < -0.4 is 16.6 Å². The molecule has 0 saturated carbocycles. The van der Waals surface area contributed by atoms with Crippen molar-refractivity contribution in [3.05, 3.63) is 33.8 Å². The molecular weight excluding hydrogens is 402 g/mol. The predicted molar refractivity (Wildman–Crippen MR) is 99.0 cm³/mol. The third-order valence-corrected chi connectivity index (χ3v) is 5.03. The van der Waals surface area contributed by atoms with Gasteiger partial charge >= 0.3 is 0 Å². The number of anilines is 1. The molecule has 13 nitrogen and oxygen atoms in total. The van der Waals surface area contributed by atoms with Crippen molar-refractivity contribution in [1.82, 2.24) is 41.1 Å². The second-order valence-corrected chi connectivity index (χ2v) is 6.99. The number of hydrazine groups is 1. The summed E-state index contributed by atoms with van der Waals surface area (Å²) < 4.78 is 11.1. The summed E-state index contributed by atoms with van der Waals surface area (Å²) in [6.07, 6.45) is 0. The molecule has 0 aliphatic carbocycles. The van der Waals surface area contributed by atoms with E-state index in [1.54, 1.807) is 17.5 Å². The maximum absolute atomic E-state index is 12.9. The number of nitrogens with one attached hydrogen (secondary N) is 2. The molecule has 0 unspecified atom stereocenters. The molecule has 1 fully saturated rings. The minimum absolute atomic E-state index is 0.0282. The highest BCUT2D eigenvalue weighted by atomic mass is 32.1. The Bertz CT molecular complexity index is 994. The van der Waals surface area contributed by atoms with Crippen molar-refractivity contribution in [2.45, 2.75) is 6.54 Å². The van der Waals surface area contributed by atoms with E-state index in [1.165, 1.54) is 11.3 Å². The molecule has 1 saturated heterocycles. The lowest BCUT2D eigenvalue weighted by atomic mass is 10.2. The first-order valence-electron chi connectivity index (χ1n) is 8.60. The summed E-state index contributed by atoms with van der Waals surface area (Å²) in [5.74, 6) is -1.10. The van der Waals surface area contributed by atoms with Gasteiger partial charge in [-0.2, -0.15) is 4.68 Å². The van der Waals surface area contributed by atoms with Crippen LogP contribution in [-0.2, 0) is 11.3 Å². The molecule has 0 spiro atoms. The molecule has 4 heterocycles. The monoisotopic (exact) mass is 419 g/mol. The molecule has 3 aromatic heterocycles. The van der Waals surface area contributed by atoms with Crippen LogP contribution in [0.2, 0.25) is 0 Å². The van der Waals surface area contributed by atoms with Gasteiger partial charge in [0.2, 0.25) is 11.6 Å². The van der Waals surface area contributed by atoms with Gasteiger partial charge in [0.1, 0.15) is 5.69 Å². The SMILES string of the molecule is Nc1nonc1-n1nnc(CN2CCOCC2)c1C(=O)NNC(=O)c1cccs1. The fraction of sp³-hybridized carbons (Fsp3) is 0.333. The average Bonchev–Trinajstić information content (AvgIpc) is 3.47. The Kier molecular flexibility index (Phi) is 5.46. The van der Waals surface area contributed by atoms with Crippen LogP contribution in [0.25, 0.3) is 5.82 Å². The third-order valence-electron chi connectivity index (χ3n) is 4.16. The Labute approximate surface area is 167 Å². The first-order chi connectivity index (χ1) is 14.1. The number of nitrogen functional groups attached to an aromatic ring is 1. The molecule has 0 aromatic carbocycles. The zero-order valence-corrected chi connectivity index (χ0v) is 15.9. The minimum atomic E-state index is -0.634. The fourth-order valence-electron chi connectivity index (χ4n) is 2.75. The summed E-state index contributed by atoms with van der Waals surface area (Å²) >= 11 is 1.25. The molecule has 4 N–H and O–H groups in total. The molecule has 152 valence electrons. The number of nitrogens with zero attached hydrogens (tertiary/aromatic N) is 6. The van der Waals surface area contributed by atoms with Crippen molar-refractivity contribution >= 4 is 29.0 Å². The van der Waals surface area contributed by atoms with Crippen LogP contribution in [0.4, 0.5) is 5.82 Å². The zero-order chi connectivity index (χ0) is 20.2.